The van der Waals surface area contributed by atoms with Gasteiger partial charge in [-0.15, -0.1) is 0 Å². The molecule has 0 radical (unpaired) electrons. The summed E-state index contributed by atoms with van der Waals surface area (Å²) in [6.45, 7) is 9.77. The Morgan fingerprint density at radius 1 is 0.958 bits per heavy atom. The molecule has 0 aliphatic rings. The van der Waals surface area contributed by atoms with Crippen LogP contribution < -0.4 is 9.47 Å². The third kappa shape index (κ3) is 5.44. The first kappa shape index (κ1) is 17.6. The van der Waals surface area contributed by atoms with Crippen molar-refractivity contribution in [2.45, 2.75) is 32.6 Å². The summed E-state index contributed by atoms with van der Waals surface area (Å²) < 4.78 is 10.9. The largest absolute Gasteiger partial charge is 0.494 e. The van der Waals surface area contributed by atoms with E-state index in [0.29, 0.717) is 23.6 Å². The number of hydrogen-bond donors (Lipinski definition) is 0. The summed E-state index contributed by atoms with van der Waals surface area (Å²) in [5.41, 5.74) is 0.970. The van der Waals surface area contributed by atoms with Gasteiger partial charge in [0.05, 0.1) is 18.7 Å². The Hall–Kier alpha value is -2.80. The lowest BCUT2D eigenvalue weighted by Crippen LogP contribution is -2.08. The van der Waals surface area contributed by atoms with Crippen molar-refractivity contribution in [1.29, 1.82) is 0 Å². The minimum absolute atomic E-state index is 0.420. The molecule has 0 saturated heterocycles. The van der Waals surface area contributed by atoms with Crippen molar-refractivity contribution in [3.05, 3.63) is 65.5 Å². The molecular weight excluding hydrogens is 302 g/mol. The molecule has 2 aromatic carbocycles. The van der Waals surface area contributed by atoms with E-state index in [9.17, 15) is 4.79 Å². The molecule has 0 bridgehead atoms. The molecule has 0 atom stereocenters. The van der Waals surface area contributed by atoms with E-state index in [1.165, 1.54) is 19.3 Å². The van der Waals surface area contributed by atoms with Gasteiger partial charge in [-0.2, -0.15) is 0 Å². The molecule has 0 saturated carbocycles. The Kier molecular flexibility index (Phi) is 6.85. The third-order valence-electron chi connectivity index (χ3n) is 3.53. The number of nitrogens with zero attached hydrogens (tertiary/aromatic N) is 1. The lowest BCUT2D eigenvalue weighted by Gasteiger charge is -2.07. The number of hydrogen-bond acceptors (Lipinski definition) is 3. The van der Waals surface area contributed by atoms with Crippen LogP contribution in [-0.2, 0) is 0 Å². The summed E-state index contributed by atoms with van der Waals surface area (Å²) in [5, 5.41) is 0. The van der Waals surface area contributed by atoms with Crippen LogP contribution in [0.5, 0.6) is 11.5 Å². The highest BCUT2D eigenvalue weighted by Gasteiger charge is 2.08. The fourth-order valence-corrected chi connectivity index (χ4v) is 2.16. The van der Waals surface area contributed by atoms with Gasteiger partial charge in [0.15, 0.2) is 5.69 Å². The van der Waals surface area contributed by atoms with Crippen LogP contribution in [0.15, 0.2) is 48.5 Å². The summed E-state index contributed by atoms with van der Waals surface area (Å²) in [4.78, 5) is 15.4. The van der Waals surface area contributed by atoms with E-state index in [1.807, 2.05) is 0 Å². The lowest BCUT2D eigenvalue weighted by molar-refractivity contribution is 0.0735. The van der Waals surface area contributed by atoms with Crippen molar-refractivity contribution in [2.75, 3.05) is 6.61 Å². The van der Waals surface area contributed by atoms with Crippen LogP contribution in [0.4, 0.5) is 5.69 Å². The number of unbranched alkanes of at least 4 members (excludes halogenated alkanes) is 3. The first-order valence-electron chi connectivity index (χ1n) is 8.15. The Bertz CT molecular complexity index is 684. The van der Waals surface area contributed by atoms with Gasteiger partial charge in [-0.05, 0) is 42.8 Å². The number of rotatable bonds is 8. The molecule has 0 aromatic heterocycles. The van der Waals surface area contributed by atoms with Crippen LogP contribution in [0.2, 0.25) is 0 Å². The molecule has 0 aliphatic carbocycles. The fourth-order valence-electron chi connectivity index (χ4n) is 2.16. The first-order chi connectivity index (χ1) is 11.7. The summed E-state index contributed by atoms with van der Waals surface area (Å²) in [5.74, 6) is 0.744. The molecule has 2 aromatic rings. The SMILES string of the molecule is [C-]#[N+]c1ccc(OC(=O)c2ccc(OCCCCCC)cc2)cc1. The minimum atomic E-state index is -0.431. The number of benzene rings is 2. The maximum atomic E-state index is 12.1. The molecule has 4 heteroatoms. The molecular formula is C20H21NO3. The van der Waals surface area contributed by atoms with Crippen molar-refractivity contribution in [2.24, 2.45) is 0 Å². The zero-order valence-corrected chi connectivity index (χ0v) is 13.8. The molecule has 4 nitrogen and oxygen atoms in total. The molecule has 0 N–H and O–H groups in total. The number of esters is 1. The quantitative estimate of drug-likeness (QED) is 0.282. The molecule has 0 unspecified atom stereocenters. The van der Waals surface area contributed by atoms with Crippen molar-refractivity contribution < 1.29 is 14.3 Å². The average molecular weight is 323 g/mol. The zero-order valence-electron chi connectivity index (χ0n) is 13.8. The second-order valence-electron chi connectivity index (χ2n) is 5.43. The molecule has 2 rings (SSSR count). The topological polar surface area (TPSA) is 39.9 Å². The van der Waals surface area contributed by atoms with Crippen LogP contribution in [0.3, 0.4) is 0 Å². The van der Waals surface area contributed by atoms with E-state index in [4.69, 9.17) is 16.0 Å². The molecule has 124 valence electrons. The number of ether oxygens (including phenoxy) is 2. The second kappa shape index (κ2) is 9.36. The highest BCUT2D eigenvalue weighted by Crippen LogP contribution is 2.20. The van der Waals surface area contributed by atoms with Gasteiger partial charge in [0.25, 0.3) is 0 Å². The van der Waals surface area contributed by atoms with E-state index in [2.05, 4.69) is 11.8 Å². The highest BCUT2D eigenvalue weighted by molar-refractivity contribution is 5.91. The van der Waals surface area contributed by atoms with Gasteiger partial charge >= 0.3 is 5.97 Å². The Labute approximate surface area is 142 Å². The fraction of sp³-hybridized carbons (Fsp3) is 0.300. The third-order valence-corrected chi connectivity index (χ3v) is 3.53. The van der Waals surface area contributed by atoms with Crippen LogP contribution in [0, 0.1) is 6.57 Å². The summed E-state index contributed by atoms with van der Waals surface area (Å²) in [6, 6.07) is 13.4. The molecule has 0 heterocycles. The summed E-state index contributed by atoms with van der Waals surface area (Å²) in [7, 11) is 0. The van der Waals surface area contributed by atoms with E-state index >= 15 is 0 Å². The Morgan fingerprint density at radius 3 is 2.25 bits per heavy atom. The molecule has 0 aliphatic heterocycles. The van der Waals surface area contributed by atoms with Gasteiger partial charge in [0.1, 0.15) is 11.5 Å². The minimum Gasteiger partial charge on any atom is -0.494 e. The highest BCUT2D eigenvalue weighted by atomic mass is 16.5. The predicted octanol–water partition coefficient (Wildman–Crippen LogP) is 5.42. The predicted molar refractivity (Wildman–Crippen MR) is 93.7 cm³/mol. The van der Waals surface area contributed by atoms with E-state index in [-0.39, 0.29) is 0 Å². The normalized spacial score (nSPS) is 10.0. The molecule has 0 amide bonds. The van der Waals surface area contributed by atoms with Gasteiger partial charge < -0.3 is 9.47 Å². The van der Waals surface area contributed by atoms with Crippen LogP contribution >= 0.6 is 0 Å². The van der Waals surface area contributed by atoms with Crippen molar-refractivity contribution in [3.63, 3.8) is 0 Å². The second-order valence-corrected chi connectivity index (χ2v) is 5.43. The van der Waals surface area contributed by atoms with E-state index in [0.717, 1.165) is 12.2 Å². The maximum absolute atomic E-state index is 12.1. The standard InChI is InChI=1S/C20H21NO3/c1-3-4-5-6-15-23-18-11-7-16(8-12-18)20(22)24-19-13-9-17(21-2)10-14-19/h7-14H,3-6,15H2,1H3. The van der Waals surface area contributed by atoms with Gasteiger partial charge in [0.2, 0.25) is 0 Å². The van der Waals surface area contributed by atoms with E-state index in [1.54, 1.807) is 48.5 Å². The Morgan fingerprint density at radius 2 is 1.62 bits per heavy atom. The van der Waals surface area contributed by atoms with Gasteiger partial charge in [-0.3, -0.25) is 0 Å². The van der Waals surface area contributed by atoms with Crippen LogP contribution in [0.1, 0.15) is 43.0 Å². The van der Waals surface area contributed by atoms with E-state index < -0.39 is 5.97 Å². The molecule has 0 spiro atoms. The maximum Gasteiger partial charge on any atom is 0.343 e. The molecule has 0 fully saturated rings. The number of carbonyl (C=O) groups excluding carboxylic acids is 1. The lowest BCUT2D eigenvalue weighted by atomic mass is 10.2. The van der Waals surface area contributed by atoms with Crippen molar-refractivity contribution >= 4 is 11.7 Å². The smallest absolute Gasteiger partial charge is 0.343 e. The van der Waals surface area contributed by atoms with Gasteiger partial charge in [0, 0.05) is 0 Å². The van der Waals surface area contributed by atoms with Crippen LogP contribution in [0.25, 0.3) is 4.85 Å². The zero-order chi connectivity index (χ0) is 17.2. The summed E-state index contributed by atoms with van der Waals surface area (Å²) in [6.07, 6.45) is 4.65. The van der Waals surface area contributed by atoms with Crippen LogP contribution in [-0.4, -0.2) is 12.6 Å². The molecule has 24 heavy (non-hydrogen) atoms. The monoisotopic (exact) mass is 323 g/mol. The average Bonchev–Trinajstić information content (AvgIpc) is 2.62. The Balaban J connectivity index is 1.85. The first-order valence-corrected chi connectivity index (χ1v) is 8.15. The van der Waals surface area contributed by atoms with Crippen molar-refractivity contribution in [1.82, 2.24) is 0 Å². The summed E-state index contributed by atoms with van der Waals surface area (Å²) >= 11 is 0. The van der Waals surface area contributed by atoms with Gasteiger partial charge in [-0.25, -0.2) is 9.64 Å². The van der Waals surface area contributed by atoms with Gasteiger partial charge in [-0.1, -0.05) is 38.3 Å². The van der Waals surface area contributed by atoms with Crippen molar-refractivity contribution in [3.8, 4) is 11.5 Å². The number of carbonyl (C=O) groups is 1.